The summed E-state index contributed by atoms with van der Waals surface area (Å²) in [6.45, 7) is 7.04. The third-order valence-electron chi connectivity index (χ3n) is 9.90. The quantitative estimate of drug-likeness (QED) is 0.435. The molecular formula is C25H35NO4. The van der Waals surface area contributed by atoms with E-state index in [1.807, 2.05) is 0 Å². The minimum absolute atomic E-state index is 0.113. The zero-order valence-corrected chi connectivity index (χ0v) is 18.3. The first-order valence-electron chi connectivity index (χ1n) is 11.9. The van der Waals surface area contributed by atoms with E-state index in [2.05, 4.69) is 31.3 Å². The predicted octanol–water partition coefficient (Wildman–Crippen LogP) is 3.32. The van der Waals surface area contributed by atoms with Crippen LogP contribution in [0.2, 0.25) is 0 Å². The number of rotatable bonds is 4. The van der Waals surface area contributed by atoms with E-state index >= 15 is 0 Å². The number of ketones is 2. The van der Waals surface area contributed by atoms with Crippen molar-refractivity contribution in [1.82, 2.24) is 5.32 Å². The van der Waals surface area contributed by atoms with E-state index in [1.165, 1.54) is 6.42 Å². The summed E-state index contributed by atoms with van der Waals surface area (Å²) in [5.74, 6) is 0.393. The van der Waals surface area contributed by atoms with Gasteiger partial charge in [-0.05, 0) is 61.7 Å². The van der Waals surface area contributed by atoms with Crippen LogP contribution in [0.15, 0.2) is 12.2 Å². The van der Waals surface area contributed by atoms with E-state index in [0.717, 1.165) is 45.2 Å². The van der Waals surface area contributed by atoms with Gasteiger partial charge in [0, 0.05) is 36.3 Å². The fourth-order valence-electron chi connectivity index (χ4n) is 8.01. The summed E-state index contributed by atoms with van der Waals surface area (Å²) < 4.78 is 5.71. The van der Waals surface area contributed by atoms with Crippen LogP contribution < -0.4 is 5.32 Å². The van der Waals surface area contributed by atoms with Crippen LogP contribution in [0.4, 0.5) is 0 Å². The molecule has 164 valence electrons. The second kappa shape index (κ2) is 7.29. The van der Waals surface area contributed by atoms with Crippen LogP contribution in [0.3, 0.4) is 0 Å². The van der Waals surface area contributed by atoms with Crippen LogP contribution in [0.1, 0.15) is 58.8 Å². The number of hydrogen-bond donors (Lipinski definition) is 1. The molecule has 4 aliphatic carbocycles. The number of allylic oxidation sites excluding steroid dienone is 1. The van der Waals surface area contributed by atoms with Crippen LogP contribution >= 0.6 is 0 Å². The van der Waals surface area contributed by atoms with E-state index in [4.69, 9.17) is 4.74 Å². The molecule has 8 atom stereocenters. The molecule has 0 spiro atoms. The molecule has 0 aromatic rings. The number of carbonyl (C=O) groups is 3. The van der Waals surface area contributed by atoms with E-state index < -0.39 is 5.41 Å². The molecule has 0 radical (unpaired) electrons. The Kier molecular flexibility index (Phi) is 4.96. The van der Waals surface area contributed by atoms with Gasteiger partial charge in [-0.2, -0.15) is 0 Å². The average molecular weight is 414 g/mol. The van der Waals surface area contributed by atoms with E-state index in [9.17, 15) is 14.4 Å². The Morgan fingerprint density at radius 2 is 1.73 bits per heavy atom. The fraction of sp³-hybridized carbons (Fsp3) is 0.800. The van der Waals surface area contributed by atoms with Crippen molar-refractivity contribution in [2.24, 2.45) is 46.3 Å². The first-order valence-corrected chi connectivity index (χ1v) is 11.9. The number of hydrogen-bond acceptors (Lipinski definition) is 5. The molecule has 0 aromatic carbocycles. The Morgan fingerprint density at radius 3 is 2.43 bits per heavy atom. The summed E-state index contributed by atoms with van der Waals surface area (Å²) >= 11 is 0. The lowest BCUT2D eigenvalue weighted by molar-refractivity contribution is -0.190. The maximum Gasteiger partial charge on any atom is 0.293 e. The maximum absolute atomic E-state index is 13.5. The lowest BCUT2D eigenvalue weighted by Gasteiger charge is -2.60. The molecule has 4 saturated carbocycles. The molecule has 3 unspecified atom stereocenters. The standard InChI is InChI=1S/C25H35NO4/c1-24-8-3-4-17(24)21-18(7-9-24)25(2)19(22(28)23(21)29)10-15(11-20(25)30-14-27)5-6-16-12-26-13-16/h5-6,14-21,26H,3-4,7-13H2,1-2H3/t15?,17-,18+,19?,20?,21-,24-,25+/m0/s1. The van der Waals surface area contributed by atoms with Gasteiger partial charge >= 0.3 is 0 Å². The van der Waals surface area contributed by atoms with Crippen LogP contribution in [0.25, 0.3) is 0 Å². The minimum Gasteiger partial charge on any atom is -0.464 e. The molecule has 1 heterocycles. The molecule has 5 fully saturated rings. The van der Waals surface area contributed by atoms with Gasteiger partial charge in [0.25, 0.3) is 6.47 Å². The van der Waals surface area contributed by atoms with Gasteiger partial charge in [0.1, 0.15) is 6.10 Å². The zero-order valence-electron chi connectivity index (χ0n) is 18.3. The summed E-state index contributed by atoms with van der Waals surface area (Å²) in [6, 6.07) is 0. The maximum atomic E-state index is 13.5. The van der Waals surface area contributed by atoms with Crippen molar-refractivity contribution in [2.75, 3.05) is 13.1 Å². The highest BCUT2D eigenvalue weighted by Gasteiger charge is 2.66. The van der Waals surface area contributed by atoms with E-state index in [-0.39, 0.29) is 46.8 Å². The summed E-state index contributed by atoms with van der Waals surface area (Å²) in [4.78, 5) is 38.4. The summed E-state index contributed by atoms with van der Waals surface area (Å²) in [5.41, 5.74) is -0.235. The highest BCUT2D eigenvalue weighted by atomic mass is 16.5. The van der Waals surface area contributed by atoms with Crippen molar-refractivity contribution < 1.29 is 19.1 Å². The van der Waals surface area contributed by atoms with Crippen molar-refractivity contribution in [3.63, 3.8) is 0 Å². The molecule has 5 aliphatic rings. The number of nitrogens with one attached hydrogen (secondary N) is 1. The van der Waals surface area contributed by atoms with Crippen molar-refractivity contribution in [3.05, 3.63) is 12.2 Å². The van der Waals surface area contributed by atoms with E-state index in [1.54, 1.807) is 0 Å². The smallest absolute Gasteiger partial charge is 0.293 e. The average Bonchev–Trinajstić information content (AvgIpc) is 3.08. The van der Waals surface area contributed by atoms with Crippen LogP contribution in [-0.4, -0.2) is 37.2 Å². The van der Waals surface area contributed by atoms with Crippen molar-refractivity contribution in [2.45, 2.75) is 64.9 Å². The third kappa shape index (κ3) is 2.87. The molecule has 1 N–H and O–H groups in total. The molecule has 1 aliphatic heterocycles. The number of carbonyl (C=O) groups excluding carboxylic acids is 3. The minimum atomic E-state index is -0.428. The molecule has 30 heavy (non-hydrogen) atoms. The molecule has 5 heteroatoms. The fourth-order valence-corrected chi connectivity index (χ4v) is 8.01. The lowest BCUT2D eigenvalue weighted by Crippen LogP contribution is -2.64. The molecule has 0 bridgehead atoms. The monoisotopic (exact) mass is 413 g/mol. The van der Waals surface area contributed by atoms with Gasteiger partial charge in [0.15, 0.2) is 0 Å². The summed E-state index contributed by atoms with van der Waals surface area (Å²) in [5, 5.41) is 3.27. The van der Waals surface area contributed by atoms with Gasteiger partial charge < -0.3 is 10.1 Å². The highest BCUT2D eigenvalue weighted by Crippen LogP contribution is 2.65. The normalized spacial score (nSPS) is 48.6. The van der Waals surface area contributed by atoms with Crippen LogP contribution in [-0.2, 0) is 19.1 Å². The van der Waals surface area contributed by atoms with Gasteiger partial charge in [0.05, 0.1) is 0 Å². The Balaban J connectivity index is 1.48. The largest absolute Gasteiger partial charge is 0.464 e. The molecule has 0 aromatic heterocycles. The van der Waals surface area contributed by atoms with Crippen LogP contribution in [0.5, 0.6) is 0 Å². The topological polar surface area (TPSA) is 72.5 Å². The molecule has 5 nitrogen and oxygen atoms in total. The Morgan fingerprint density at radius 1 is 0.967 bits per heavy atom. The number of fused-ring (bicyclic) bond motifs is 5. The highest BCUT2D eigenvalue weighted by molar-refractivity contribution is 6.39. The SMILES string of the molecule is C[C@@]12CCC[C@H]1[C@@H]1C(=O)C(=O)C3CC(C=CC4CNC4)CC(OC=O)[C@]3(C)[C@@H]1CC2. The number of Topliss-reactive ketones (excluding diaryl/α,β-unsaturated/α-hetero) is 2. The Labute approximate surface area is 179 Å². The summed E-state index contributed by atoms with van der Waals surface area (Å²) in [6.07, 6.45) is 11.1. The first-order chi connectivity index (χ1) is 14.4. The second-order valence-corrected chi connectivity index (χ2v) is 11.2. The number of ether oxygens (including phenoxy) is 1. The Hall–Kier alpha value is -1.49. The van der Waals surface area contributed by atoms with Gasteiger partial charge in [0.2, 0.25) is 11.6 Å². The van der Waals surface area contributed by atoms with Gasteiger partial charge in [-0.1, -0.05) is 32.4 Å². The first kappa shape index (κ1) is 20.4. The van der Waals surface area contributed by atoms with E-state index in [0.29, 0.717) is 24.7 Å². The van der Waals surface area contributed by atoms with Crippen molar-refractivity contribution in [3.8, 4) is 0 Å². The van der Waals surface area contributed by atoms with Gasteiger partial charge in [-0.25, -0.2) is 0 Å². The van der Waals surface area contributed by atoms with Crippen LogP contribution in [0, 0.1) is 46.3 Å². The third-order valence-corrected chi connectivity index (χ3v) is 9.90. The van der Waals surface area contributed by atoms with Crippen molar-refractivity contribution >= 4 is 18.0 Å². The second-order valence-electron chi connectivity index (χ2n) is 11.2. The van der Waals surface area contributed by atoms with Gasteiger partial charge in [-0.15, -0.1) is 0 Å². The molecule has 0 amide bonds. The summed E-state index contributed by atoms with van der Waals surface area (Å²) in [7, 11) is 0. The lowest BCUT2D eigenvalue weighted by atomic mass is 9.43. The van der Waals surface area contributed by atoms with Gasteiger partial charge in [-0.3, -0.25) is 14.4 Å². The van der Waals surface area contributed by atoms with Crippen molar-refractivity contribution in [1.29, 1.82) is 0 Å². The molecular weight excluding hydrogens is 378 g/mol. The predicted molar refractivity (Wildman–Crippen MR) is 112 cm³/mol. The molecule has 5 rings (SSSR count). The zero-order chi connectivity index (χ0) is 21.1. The Bertz CT molecular complexity index is 773. The molecule has 1 saturated heterocycles.